The third-order valence-corrected chi connectivity index (χ3v) is 4.21. The van der Waals surface area contributed by atoms with E-state index in [0.717, 1.165) is 10.3 Å². The highest BCUT2D eigenvalue weighted by molar-refractivity contribution is 8.01. The van der Waals surface area contributed by atoms with Gasteiger partial charge in [0.1, 0.15) is 0 Å². The summed E-state index contributed by atoms with van der Waals surface area (Å²) in [6.07, 6.45) is 0. The van der Waals surface area contributed by atoms with Crippen LogP contribution in [0.15, 0.2) is 44.8 Å². The Kier molecular flexibility index (Phi) is 3.63. The molecule has 2 aromatic rings. The molecule has 1 aromatic carbocycles. The molecule has 0 spiro atoms. The van der Waals surface area contributed by atoms with Crippen LogP contribution in [-0.2, 0) is 0 Å². The van der Waals surface area contributed by atoms with Crippen LogP contribution in [0.2, 0.25) is 0 Å². The highest BCUT2D eigenvalue weighted by atomic mass is 32.2. The number of carboxylic acids is 1. The Hall–Kier alpha value is -1.86. The zero-order valence-corrected chi connectivity index (χ0v) is 10.5. The molecule has 0 atom stereocenters. The van der Waals surface area contributed by atoms with E-state index in [-0.39, 0.29) is 11.3 Å². The van der Waals surface area contributed by atoms with Crippen molar-refractivity contribution in [2.75, 3.05) is 0 Å². The molecule has 1 N–H and O–H groups in total. The lowest BCUT2D eigenvalue weighted by atomic mass is 10.2. The Morgan fingerprint density at radius 3 is 2.72 bits per heavy atom. The molecule has 1 heterocycles. The van der Waals surface area contributed by atoms with Crippen LogP contribution in [-0.4, -0.2) is 16.0 Å². The first-order chi connectivity index (χ1) is 8.58. The molecule has 18 heavy (non-hydrogen) atoms. The van der Waals surface area contributed by atoms with E-state index in [9.17, 15) is 14.9 Å². The van der Waals surface area contributed by atoms with Gasteiger partial charge in [0.2, 0.25) is 0 Å². The van der Waals surface area contributed by atoms with Crippen molar-refractivity contribution >= 4 is 34.8 Å². The normalized spacial score (nSPS) is 10.2. The van der Waals surface area contributed by atoms with E-state index < -0.39 is 10.9 Å². The minimum atomic E-state index is -1.18. The molecule has 0 fully saturated rings. The summed E-state index contributed by atoms with van der Waals surface area (Å²) in [4.78, 5) is 21.6. The minimum Gasteiger partial charge on any atom is -0.478 e. The van der Waals surface area contributed by atoms with Crippen molar-refractivity contribution in [3.8, 4) is 0 Å². The molecule has 0 bridgehead atoms. The third kappa shape index (κ3) is 2.69. The first kappa shape index (κ1) is 12.6. The van der Waals surface area contributed by atoms with Crippen LogP contribution < -0.4 is 0 Å². The second kappa shape index (κ2) is 5.19. The standard InChI is InChI=1S/C11H7NO4S2/c13-11(14)7-3-4-9(8(6-7)12(15)16)18-10-2-1-5-17-10/h1-6H,(H,13,14). The summed E-state index contributed by atoms with van der Waals surface area (Å²) in [5.41, 5.74) is -0.273. The first-order valence-corrected chi connectivity index (χ1v) is 6.50. The van der Waals surface area contributed by atoms with Gasteiger partial charge in [-0.3, -0.25) is 10.1 Å². The van der Waals surface area contributed by atoms with Crippen molar-refractivity contribution in [2.24, 2.45) is 0 Å². The lowest BCUT2D eigenvalue weighted by molar-refractivity contribution is -0.387. The molecule has 92 valence electrons. The number of thiophene rings is 1. The zero-order valence-electron chi connectivity index (χ0n) is 8.90. The van der Waals surface area contributed by atoms with Gasteiger partial charge in [-0.05, 0) is 23.6 Å². The predicted octanol–water partition coefficient (Wildman–Crippen LogP) is 3.51. The summed E-state index contributed by atoms with van der Waals surface area (Å²) in [6, 6.07) is 7.62. The average Bonchev–Trinajstić information content (AvgIpc) is 2.81. The topological polar surface area (TPSA) is 80.4 Å². The van der Waals surface area contributed by atoms with Crippen molar-refractivity contribution in [3.63, 3.8) is 0 Å². The van der Waals surface area contributed by atoms with Gasteiger partial charge in [0, 0.05) is 6.07 Å². The molecule has 0 radical (unpaired) electrons. The van der Waals surface area contributed by atoms with Crippen LogP contribution in [0.25, 0.3) is 0 Å². The summed E-state index contributed by atoms with van der Waals surface area (Å²) in [5.74, 6) is -1.18. The number of carboxylic acid groups (broad SMARTS) is 1. The number of rotatable bonds is 4. The maximum absolute atomic E-state index is 10.9. The van der Waals surface area contributed by atoms with E-state index >= 15 is 0 Å². The number of aromatic carboxylic acids is 1. The fraction of sp³-hybridized carbons (Fsp3) is 0. The summed E-state index contributed by atoms with van der Waals surface area (Å²) < 4.78 is 0.918. The van der Waals surface area contributed by atoms with E-state index in [2.05, 4.69) is 0 Å². The highest BCUT2D eigenvalue weighted by Gasteiger charge is 2.18. The van der Waals surface area contributed by atoms with Crippen LogP contribution >= 0.6 is 23.1 Å². The van der Waals surface area contributed by atoms with Crippen LogP contribution in [0.1, 0.15) is 10.4 Å². The van der Waals surface area contributed by atoms with Crippen molar-refractivity contribution < 1.29 is 14.8 Å². The summed E-state index contributed by atoms with van der Waals surface area (Å²) in [6.45, 7) is 0. The molecule has 0 saturated heterocycles. The number of hydrogen-bond acceptors (Lipinski definition) is 5. The average molecular weight is 281 g/mol. The SMILES string of the molecule is O=C(O)c1ccc(Sc2cccs2)c([N+](=O)[O-])c1. The van der Waals surface area contributed by atoms with Gasteiger partial charge < -0.3 is 5.11 Å². The maximum Gasteiger partial charge on any atom is 0.335 e. The summed E-state index contributed by atoms with van der Waals surface area (Å²) >= 11 is 2.73. The molecule has 0 saturated carbocycles. The van der Waals surface area contributed by atoms with Gasteiger partial charge in [-0.25, -0.2) is 4.79 Å². The van der Waals surface area contributed by atoms with Crippen molar-refractivity contribution in [2.45, 2.75) is 9.10 Å². The maximum atomic E-state index is 10.9. The molecule has 0 aliphatic carbocycles. The molecule has 0 aliphatic heterocycles. The first-order valence-electron chi connectivity index (χ1n) is 4.81. The number of carbonyl (C=O) groups is 1. The van der Waals surface area contributed by atoms with E-state index in [1.54, 1.807) is 0 Å². The molecular formula is C11H7NO4S2. The van der Waals surface area contributed by atoms with Gasteiger partial charge in [-0.15, -0.1) is 11.3 Å². The Bertz CT molecular complexity index is 595. The Morgan fingerprint density at radius 1 is 1.39 bits per heavy atom. The molecule has 0 aliphatic rings. The predicted molar refractivity (Wildman–Crippen MR) is 68.5 cm³/mol. The van der Waals surface area contributed by atoms with Gasteiger partial charge in [0.25, 0.3) is 5.69 Å². The Morgan fingerprint density at radius 2 is 2.17 bits per heavy atom. The lowest BCUT2D eigenvalue weighted by Crippen LogP contribution is -1.99. The molecule has 2 rings (SSSR count). The van der Waals surface area contributed by atoms with Crippen LogP contribution in [0, 0.1) is 10.1 Å². The molecule has 5 nitrogen and oxygen atoms in total. The molecule has 0 amide bonds. The summed E-state index contributed by atoms with van der Waals surface area (Å²) in [7, 11) is 0. The number of nitro groups is 1. The lowest BCUT2D eigenvalue weighted by Gasteiger charge is -2.02. The van der Waals surface area contributed by atoms with E-state index in [4.69, 9.17) is 5.11 Å². The fourth-order valence-corrected chi connectivity index (χ4v) is 3.12. The second-order valence-electron chi connectivity index (χ2n) is 3.28. The quantitative estimate of drug-likeness (QED) is 0.685. The zero-order chi connectivity index (χ0) is 13.1. The third-order valence-electron chi connectivity index (χ3n) is 2.11. The molecule has 7 heteroatoms. The van der Waals surface area contributed by atoms with Gasteiger partial charge >= 0.3 is 5.97 Å². The largest absolute Gasteiger partial charge is 0.478 e. The smallest absolute Gasteiger partial charge is 0.335 e. The minimum absolute atomic E-state index is 0.0859. The van der Waals surface area contributed by atoms with E-state index in [1.165, 1.54) is 35.2 Å². The van der Waals surface area contributed by atoms with Gasteiger partial charge in [0.05, 0.1) is 19.6 Å². The van der Waals surface area contributed by atoms with Crippen molar-refractivity contribution in [1.29, 1.82) is 0 Å². The number of nitrogens with zero attached hydrogens (tertiary/aromatic N) is 1. The second-order valence-corrected chi connectivity index (χ2v) is 5.57. The van der Waals surface area contributed by atoms with Gasteiger partial charge in [-0.2, -0.15) is 0 Å². The van der Waals surface area contributed by atoms with E-state index in [1.807, 2.05) is 17.5 Å². The number of benzene rings is 1. The molecule has 1 aromatic heterocycles. The van der Waals surface area contributed by atoms with E-state index in [0.29, 0.717) is 4.90 Å². The number of nitro benzene ring substituents is 1. The summed E-state index contributed by atoms with van der Waals surface area (Å²) in [5, 5.41) is 21.6. The van der Waals surface area contributed by atoms with Crippen molar-refractivity contribution in [1.82, 2.24) is 0 Å². The van der Waals surface area contributed by atoms with Crippen LogP contribution in [0.3, 0.4) is 0 Å². The fourth-order valence-electron chi connectivity index (χ4n) is 1.31. The molecular weight excluding hydrogens is 274 g/mol. The molecule has 0 unspecified atom stereocenters. The van der Waals surface area contributed by atoms with Crippen LogP contribution in [0.5, 0.6) is 0 Å². The Balaban J connectivity index is 2.40. The van der Waals surface area contributed by atoms with Crippen LogP contribution in [0.4, 0.5) is 5.69 Å². The highest BCUT2D eigenvalue weighted by Crippen LogP contribution is 2.37. The Labute approximate surface area is 110 Å². The van der Waals surface area contributed by atoms with Gasteiger partial charge in [0.15, 0.2) is 0 Å². The monoisotopic (exact) mass is 281 g/mol. The van der Waals surface area contributed by atoms with Gasteiger partial charge in [-0.1, -0.05) is 17.8 Å². The number of hydrogen-bond donors (Lipinski definition) is 1. The van der Waals surface area contributed by atoms with Crippen molar-refractivity contribution in [3.05, 3.63) is 51.4 Å².